The number of azo groups is 1. The Bertz CT molecular complexity index is 1380. The number of aromatic nitrogens is 1. The highest BCUT2D eigenvalue weighted by atomic mass is 79.9. The Morgan fingerprint density at radius 1 is 1.12 bits per heavy atom. The second kappa shape index (κ2) is 9.72. The predicted molar refractivity (Wildman–Crippen MR) is 140 cm³/mol. The molecule has 2 N–H and O–H groups in total. The Hall–Kier alpha value is -3.23. The summed E-state index contributed by atoms with van der Waals surface area (Å²) >= 11 is 8.85. The highest BCUT2D eigenvalue weighted by molar-refractivity contribution is 9.10. The van der Waals surface area contributed by atoms with Crippen LogP contribution in [0.4, 0.5) is 11.4 Å². The fraction of sp³-hybridized carbons (Fsp3) is 0.160. The third-order valence-electron chi connectivity index (χ3n) is 5.37. The van der Waals surface area contributed by atoms with Crippen molar-refractivity contribution in [1.82, 2.24) is 4.57 Å². The van der Waals surface area contributed by atoms with Gasteiger partial charge in [0, 0.05) is 21.6 Å². The molecule has 1 heterocycles. The number of methoxy groups -OCH3 is 1. The molecule has 168 valence electrons. The summed E-state index contributed by atoms with van der Waals surface area (Å²) in [6, 6.07) is 19.5. The largest absolute Gasteiger partial charge is 0.497 e. The summed E-state index contributed by atoms with van der Waals surface area (Å²) in [4.78, 5) is 0. The van der Waals surface area contributed by atoms with Gasteiger partial charge in [-0.3, -0.25) is 0 Å². The molecular weight excluding hydrogens is 500 g/mol. The van der Waals surface area contributed by atoms with Gasteiger partial charge in [0.1, 0.15) is 5.75 Å². The molecule has 33 heavy (non-hydrogen) atoms. The Morgan fingerprint density at radius 3 is 2.73 bits per heavy atom. The van der Waals surface area contributed by atoms with Crippen molar-refractivity contribution in [2.24, 2.45) is 10.2 Å². The summed E-state index contributed by atoms with van der Waals surface area (Å²) in [6.07, 6.45) is 0. The van der Waals surface area contributed by atoms with E-state index < -0.39 is 0 Å². The zero-order valence-electron chi connectivity index (χ0n) is 18.5. The number of aryl methyl sites for hydroxylation is 2. The first-order valence-corrected chi connectivity index (χ1v) is 11.5. The van der Waals surface area contributed by atoms with E-state index >= 15 is 0 Å². The molecule has 4 aromatic rings. The molecule has 0 aliphatic rings. The number of hydrogen-bond donors (Lipinski definition) is 2. The quantitative estimate of drug-likeness (QED) is 0.213. The smallest absolute Gasteiger partial charge is 0.221 e. The van der Waals surface area contributed by atoms with Gasteiger partial charge in [0.2, 0.25) is 11.0 Å². The van der Waals surface area contributed by atoms with Crippen molar-refractivity contribution in [3.05, 3.63) is 81.8 Å². The molecule has 0 fully saturated rings. The molecule has 0 bridgehead atoms. The number of halogens is 1. The highest BCUT2D eigenvalue weighted by Gasteiger charge is 2.18. The number of nitrogens with one attached hydrogen (secondary N) is 1. The van der Waals surface area contributed by atoms with Crippen LogP contribution in [0.3, 0.4) is 0 Å². The lowest BCUT2D eigenvalue weighted by atomic mass is 10.1. The zero-order chi connectivity index (χ0) is 23.5. The fourth-order valence-corrected chi connectivity index (χ4v) is 4.16. The molecule has 6 nitrogen and oxygen atoms in total. The Labute approximate surface area is 206 Å². The molecule has 0 unspecified atom stereocenters. The minimum absolute atomic E-state index is 0.0388. The van der Waals surface area contributed by atoms with Gasteiger partial charge >= 0.3 is 0 Å². The van der Waals surface area contributed by atoms with Gasteiger partial charge in [-0.25, -0.2) is 0 Å². The number of hydrogen-bond acceptors (Lipinski definition) is 4. The first-order chi connectivity index (χ1) is 15.9. The summed E-state index contributed by atoms with van der Waals surface area (Å²) in [5.74, 6) is 0.744. The van der Waals surface area contributed by atoms with Gasteiger partial charge in [-0.1, -0.05) is 45.8 Å². The van der Waals surface area contributed by atoms with Gasteiger partial charge in [-0.15, -0.1) is 10.2 Å². The predicted octanol–water partition coefficient (Wildman–Crippen LogP) is 7.26. The zero-order valence-corrected chi connectivity index (χ0v) is 20.9. The number of aromatic hydroxyl groups is 1. The summed E-state index contributed by atoms with van der Waals surface area (Å²) < 4.78 is 7.96. The molecule has 0 spiro atoms. The second-order valence-corrected chi connectivity index (χ2v) is 9.01. The summed E-state index contributed by atoms with van der Waals surface area (Å²) in [5.41, 5.74) is 5.42. The van der Waals surface area contributed by atoms with E-state index in [1.807, 2.05) is 47.0 Å². The molecule has 4 rings (SSSR count). The number of thiocarbonyl (C=S) groups is 1. The van der Waals surface area contributed by atoms with E-state index in [0.717, 1.165) is 32.2 Å². The molecule has 3 aromatic carbocycles. The van der Waals surface area contributed by atoms with Crippen molar-refractivity contribution in [3.8, 4) is 11.6 Å². The average molecular weight is 523 g/mol. The monoisotopic (exact) mass is 522 g/mol. The van der Waals surface area contributed by atoms with Crippen molar-refractivity contribution >= 4 is 55.5 Å². The second-order valence-electron chi connectivity index (χ2n) is 7.71. The highest BCUT2D eigenvalue weighted by Crippen LogP contribution is 2.40. The van der Waals surface area contributed by atoms with Gasteiger partial charge in [-0.2, -0.15) is 0 Å². The van der Waals surface area contributed by atoms with E-state index in [9.17, 15) is 5.11 Å². The van der Waals surface area contributed by atoms with Crippen molar-refractivity contribution < 1.29 is 9.84 Å². The van der Waals surface area contributed by atoms with Crippen LogP contribution in [-0.2, 0) is 6.54 Å². The first kappa shape index (κ1) is 22.9. The van der Waals surface area contributed by atoms with Crippen LogP contribution in [0.25, 0.3) is 10.9 Å². The summed E-state index contributed by atoms with van der Waals surface area (Å²) in [5, 5.41) is 23.5. The van der Waals surface area contributed by atoms with E-state index in [-0.39, 0.29) is 11.0 Å². The standard InChI is InChI=1S/C25H23BrN4O2S/c1-15-7-8-16(2)17(11-15)14-30-22-10-9-18(26)12-21(22)23(24(30)31)28-29-25(33)27-19-5-4-6-20(13-19)32-3/h4-13,31H,14H2,1-3H3,(H,27,33). The van der Waals surface area contributed by atoms with Crippen LogP contribution in [0, 0.1) is 13.8 Å². The Kier molecular flexibility index (Phi) is 6.76. The topological polar surface area (TPSA) is 71.1 Å². The van der Waals surface area contributed by atoms with Gasteiger partial charge < -0.3 is 19.7 Å². The van der Waals surface area contributed by atoms with Gasteiger partial charge in [0.05, 0.1) is 19.2 Å². The lowest BCUT2D eigenvalue weighted by Crippen LogP contribution is -2.04. The summed E-state index contributed by atoms with van der Waals surface area (Å²) in [6.45, 7) is 4.64. The van der Waals surface area contributed by atoms with Crippen LogP contribution < -0.4 is 10.1 Å². The van der Waals surface area contributed by atoms with Crippen molar-refractivity contribution in [1.29, 1.82) is 0 Å². The van der Waals surface area contributed by atoms with Gasteiger partial charge in [0.25, 0.3) is 0 Å². The number of fused-ring (bicyclic) bond motifs is 1. The van der Waals surface area contributed by atoms with Gasteiger partial charge in [0.15, 0.2) is 5.69 Å². The van der Waals surface area contributed by atoms with Crippen LogP contribution in [0.5, 0.6) is 11.6 Å². The molecule has 1 aromatic heterocycles. The van der Waals surface area contributed by atoms with Gasteiger partial charge in [-0.05, 0) is 67.5 Å². The number of nitrogens with zero attached hydrogens (tertiary/aromatic N) is 3. The molecule has 0 aliphatic heterocycles. The minimum atomic E-state index is 0.0388. The van der Waals surface area contributed by atoms with E-state index in [4.69, 9.17) is 17.0 Å². The van der Waals surface area contributed by atoms with Crippen molar-refractivity contribution in [2.45, 2.75) is 20.4 Å². The molecule has 0 aliphatic carbocycles. The number of benzene rings is 3. The number of rotatable bonds is 5. The van der Waals surface area contributed by atoms with Crippen molar-refractivity contribution in [2.75, 3.05) is 12.4 Å². The molecule has 8 heteroatoms. The van der Waals surface area contributed by atoms with Crippen LogP contribution in [0.15, 0.2) is 75.4 Å². The Balaban J connectivity index is 1.68. The van der Waals surface area contributed by atoms with E-state index in [2.05, 4.69) is 63.5 Å². The van der Waals surface area contributed by atoms with Crippen LogP contribution in [-0.4, -0.2) is 21.9 Å². The number of ether oxygens (including phenoxy) is 1. The SMILES string of the molecule is COc1cccc(NC(=S)N=Nc2c(O)n(Cc3cc(C)ccc3C)c3ccc(Br)cc23)c1. The molecule has 0 saturated carbocycles. The van der Waals surface area contributed by atoms with Crippen LogP contribution in [0.2, 0.25) is 0 Å². The van der Waals surface area contributed by atoms with E-state index in [1.54, 1.807) is 7.11 Å². The normalized spacial score (nSPS) is 11.3. The molecule has 0 atom stereocenters. The van der Waals surface area contributed by atoms with Crippen LogP contribution in [0.1, 0.15) is 16.7 Å². The lowest BCUT2D eigenvalue weighted by molar-refractivity contribution is 0.415. The Morgan fingerprint density at radius 2 is 1.94 bits per heavy atom. The first-order valence-electron chi connectivity index (χ1n) is 10.3. The molecule has 0 saturated heterocycles. The maximum Gasteiger partial charge on any atom is 0.221 e. The fourth-order valence-electron chi connectivity index (χ4n) is 3.64. The summed E-state index contributed by atoms with van der Waals surface area (Å²) in [7, 11) is 1.60. The maximum atomic E-state index is 11.1. The minimum Gasteiger partial charge on any atom is -0.497 e. The third-order valence-corrected chi connectivity index (χ3v) is 6.04. The maximum absolute atomic E-state index is 11.1. The van der Waals surface area contributed by atoms with Crippen molar-refractivity contribution in [3.63, 3.8) is 0 Å². The molecular formula is C25H23BrN4O2S. The van der Waals surface area contributed by atoms with Crippen LogP contribution >= 0.6 is 28.1 Å². The number of anilines is 1. The van der Waals surface area contributed by atoms with E-state index in [0.29, 0.717) is 18.0 Å². The average Bonchev–Trinajstić information content (AvgIpc) is 3.05. The van der Waals surface area contributed by atoms with E-state index in [1.165, 1.54) is 5.56 Å². The lowest BCUT2D eigenvalue weighted by Gasteiger charge is -2.11. The molecule has 0 radical (unpaired) electrons. The molecule has 0 amide bonds. The third kappa shape index (κ3) is 5.07.